The van der Waals surface area contributed by atoms with Gasteiger partial charge in [0.25, 0.3) is 0 Å². The van der Waals surface area contributed by atoms with Crippen molar-refractivity contribution in [3.63, 3.8) is 0 Å². The van der Waals surface area contributed by atoms with Crippen molar-refractivity contribution in [3.8, 4) is 5.82 Å². The van der Waals surface area contributed by atoms with Crippen LogP contribution in [-0.4, -0.2) is 20.4 Å². The van der Waals surface area contributed by atoms with Crippen molar-refractivity contribution in [2.24, 2.45) is 0 Å². The summed E-state index contributed by atoms with van der Waals surface area (Å²) in [5, 5.41) is 2.74. The molecule has 82 valence electrons. The largest absolute Gasteiger partial charge is 0.323 e. The van der Waals surface area contributed by atoms with Crippen molar-refractivity contribution in [2.45, 2.75) is 13.8 Å². The molecule has 2 aromatic heterocycles. The predicted molar refractivity (Wildman–Crippen MR) is 60.4 cm³/mol. The Morgan fingerprint density at radius 1 is 1.38 bits per heavy atom. The second kappa shape index (κ2) is 4.14. The molecule has 0 saturated carbocycles. The van der Waals surface area contributed by atoms with Gasteiger partial charge in [0.05, 0.1) is 5.69 Å². The molecule has 0 aliphatic carbocycles. The minimum Gasteiger partial charge on any atom is -0.323 e. The van der Waals surface area contributed by atoms with Crippen LogP contribution in [0.25, 0.3) is 5.82 Å². The van der Waals surface area contributed by atoms with Gasteiger partial charge in [-0.15, -0.1) is 0 Å². The minimum absolute atomic E-state index is 0.119. The van der Waals surface area contributed by atoms with Gasteiger partial charge in [-0.05, 0) is 19.1 Å². The zero-order chi connectivity index (χ0) is 11.5. The summed E-state index contributed by atoms with van der Waals surface area (Å²) in [4.78, 5) is 19.4. The topological polar surface area (TPSA) is 59.8 Å². The average molecular weight is 216 g/mol. The van der Waals surface area contributed by atoms with Crippen molar-refractivity contribution < 1.29 is 4.79 Å². The molecule has 0 spiro atoms. The van der Waals surface area contributed by atoms with Crippen molar-refractivity contribution in [1.29, 1.82) is 0 Å². The third-order valence-corrected chi connectivity index (χ3v) is 2.15. The summed E-state index contributed by atoms with van der Waals surface area (Å²) in [5.41, 5.74) is 0.677. The number of nitrogens with one attached hydrogen (secondary N) is 1. The predicted octanol–water partition coefficient (Wildman–Crippen LogP) is 1.53. The van der Waals surface area contributed by atoms with Crippen molar-refractivity contribution >= 4 is 11.6 Å². The van der Waals surface area contributed by atoms with Crippen LogP contribution in [0, 0.1) is 6.92 Å². The minimum atomic E-state index is -0.119. The number of rotatable bonds is 2. The molecule has 5 heteroatoms. The summed E-state index contributed by atoms with van der Waals surface area (Å²) in [6.45, 7) is 3.35. The van der Waals surface area contributed by atoms with Crippen LogP contribution in [0.4, 0.5) is 5.69 Å². The van der Waals surface area contributed by atoms with E-state index in [0.29, 0.717) is 11.5 Å². The van der Waals surface area contributed by atoms with Crippen LogP contribution in [0.3, 0.4) is 0 Å². The van der Waals surface area contributed by atoms with Crippen LogP contribution < -0.4 is 5.32 Å². The smallest absolute Gasteiger partial charge is 0.221 e. The summed E-state index contributed by atoms with van der Waals surface area (Å²) in [7, 11) is 0. The van der Waals surface area contributed by atoms with Gasteiger partial charge < -0.3 is 5.32 Å². The van der Waals surface area contributed by atoms with E-state index < -0.39 is 0 Å². The number of imidazole rings is 1. The normalized spacial score (nSPS) is 10.1. The third kappa shape index (κ3) is 1.93. The summed E-state index contributed by atoms with van der Waals surface area (Å²) in [6.07, 6.45) is 5.19. The van der Waals surface area contributed by atoms with E-state index in [-0.39, 0.29) is 5.91 Å². The molecule has 2 aromatic rings. The van der Waals surface area contributed by atoms with Gasteiger partial charge in [0.2, 0.25) is 5.91 Å². The fraction of sp³-hybridized carbons (Fsp3) is 0.182. The van der Waals surface area contributed by atoms with Gasteiger partial charge in [0.1, 0.15) is 5.82 Å². The quantitative estimate of drug-likeness (QED) is 0.828. The van der Waals surface area contributed by atoms with Crippen LogP contribution >= 0.6 is 0 Å². The van der Waals surface area contributed by atoms with Crippen LogP contribution in [0.1, 0.15) is 12.7 Å². The van der Waals surface area contributed by atoms with Gasteiger partial charge in [-0.1, -0.05) is 0 Å². The van der Waals surface area contributed by atoms with E-state index in [0.717, 1.165) is 5.82 Å². The third-order valence-electron chi connectivity index (χ3n) is 2.15. The number of carbonyl (C=O) groups is 1. The monoisotopic (exact) mass is 216 g/mol. The average Bonchev–Trinajstić information content (AvgIpc) is 2.64. The molecule has 0 atom stereocenters. The molecule has 0 unspecified atom stereocenters. The zero-order valence-electron chi connectivity index (χ0n) is 9.14. The van der Waals surface area contributed by atoms with Crippen LogP contribution in [-0.2, 0) is 4.79 Å². The molecular formula is C11H12N4O. The lowest BCUT2D eigenvalue weighted by Gasteiger charge is -2.10. The first-order valence-electron chi connectivity index (χ1n) is 4.91. The molecule has 0 saturated heterocycles. The lowest BCUT2D eigenvalue weighted by Crippen LogP contribution is -2.10. The number of anilines is 1. The molecule has 2 rings (SSSR count). The Morgan fingerprint density at radius 3 is 2.81 bits per heavy atom. The Bertz CT molecular complexity index is 518. The van der Waals surface area contributed by atoms with Crippen molar-refractivity contribution in [1.82, 2.24) is 14.5 Å². The molecular weight excluding hydrogens is 204 g/mol. The van der Waals surface area contributed by atoms with E-state index in [9.17, 15) is 4.79 Å². The SMILES string of the molecule is CC(=O)Nc1cccnc1-n1ccnc1C. The molecule has 5 nitrogen and oxygen atoms in total. The fourth-order valence-corrected chi connectivity index (χ4v) is 1.48. The Hall–Kier alpha value is -2.17. The number of nitrogens with zero attached hydrogens (tertiary/aromatic N) is 3. The number of hydrogen-bond donors (Lipinski definition) is 1. The van der Waals surface area contributed by atoms with E-state index in [1.807, 2.05) is 23.8 Å². The van der Waals surface area contributed by atoms with Crippen LogP contribution in [0.2, 0.25) is 0 Å². The van der Waals surface area contributed by atoms with Gasteiger partial charge in [-0.2, -0.15) is 0 Å². The van der Waals surface area contributed by atoms with Gasteiger partial charge >= 0.3 is 0 Å². The van der Waals surface area contributed by atoms with Gasteiger partial charge in [0.15, 0.2) is 5.82 Å². The zero-order valence-corrected chi connectivity index (χ0v) is 9.14. The number of aromatic nitrogens is 3. The first kappa shape index (κ1) is 10.4. The maximum absolute atomic E-state index is 11.1. The molecule has 1 amide bonds. The number of amides is 1. The Morgan fingerprint density at radius 2 is 2.19 bits per heavy atom. The molecule has 0 aromatic carbocycles. The standard InChI is InChI=1S/C11H12N4O/c1-8-12-6-7-15(8)11-10(14-9(2)16)4-3-5-13-11/h3-7H,1-2H3,(H,14,16). The summed E-state index contributed by atoms with van der Waals surface area (Å²) < 4.78 is 1.82. The molecule has 0 fully saturated rings. The number of carbonyl (C=O) groups excluding carboxylic acids is 1. The van der Waals surface area contributed by atoms with Gasteiger partial charge in [-0.3, -0.25) is 9.36 Å². The molecule has 0 radical (unpaired) electrons. The highest BCUT2D eigenvalue weighted by Gasteiger charge is 2.08. The van der Waals surface area contributed by atoms with E-state index in [1.54, 1.807) is 18.5 Å². The van der Waals surface area contributed by atoms with E-state index in [1.165, 1.54) is 6.92 Å². The molecule has 2 heterocycles. The lowest BCUT2D eigenvalue weighted by molar-refractivity contribution is -0.114. The van der Waals surface area contributed by atoms with Gasteiger partial charge in [-0.25, -0.2) is 9.97 Å². The molecule has 1 N–H and O–H groups in total. The number of pyridine rings is 1. The van der Waals surface area contributed by atoms with Crippen molar-refractivity contribution in [2.75, 3.05) is 5.32 Å². The van der Waals surface area contributed by atoms with E-state index >= 15 is 0 Å². The van der Waals surface area contributed by atoms with Crippen LogP contribution in [0.15, 0.2) is 30.7 Å². The first-order chi connectivity index (χ1) is 7.68. The summed E-state index contributed by atoms with van der Waals surface area (Å²) >= 11 is 0. The molecule has 16 heavy (non-hydrogen) atoms. The second-order valence-corrected chi connectivity index (χ2v) is 3.40. The van der Waals surface area contributed by atoms with E-state index in [2.05, 4.69) is 15.3 Å². The highest BCUT2D eigenvalue weighted by Crippen LogP contribution is 2.17. The molecule has 0 aliphatic rings. The molecule has 0 aliphatic heterocycles. The number of aryl methyl sites for hydroxylation is 1. The fourth-order valence-electron chi connectivity index (χ4n) is 1.48. The Labute approximate surface area is 93.2 Å². The van der Waals surface area contributed by atoms with Crippen LogP contribution in [0.5, 0.6) is 0 Å². The number of hydrogen-bond acceptors (Lipinski definition) is 3. The summed E-state index contributed by atoms with van der Waals surface area (Å²) in [5.74, 6) is 1.38. The Kier molecular flexibility index (Phi) is 2.68. The van der Waals surface area contributed by atoms with Gasteiger partial charge in [0, 0.05) is 25.5 Å². The van der Waals surface area contributed by atoms with Crippen molar-refractivity contribution in [3.05, 3.63) is 36.5 Å². The Balaban J connectivity index is 2.48. The summed E-state index contributed by atoms with van der Waals surface area (Å²) in [6, 6.07) is 3.59. The second-order valence-electron chi connectivity index (χ2n) is 3.40. The highest BCUT2D eigenvalue weighted by molar-refractivity contribution is 5.90. The molecule has 0 bridgehead atoms. The lowest BCUT2D eigenvalue weighted by atomic mass is 10.3. The highest BCUT2D eigenvalue weighted by atomic mass is 16.1. The maximum Gasteiger partial charge on any atom is 0.221 e. The van der Waals surface area contributed by atoms with E-state index in [4.69, 9.17) is 0 Å². The first-order valence-corrected chi connectivity index (χ1v) is 4.91. The maximum atomic E-state index is 11.1.